The molecular weight excluding hydrogens is 246 g/mol. The zero-order valence-electron chi connectivity index (χ0n) is 11.4. The van der Waals surface area contributed by atoms with E-state index >= 15 is 0 Å². The van der Waals surface area contributed by atoms with Gasteiger partial charge in [-0.25, -0.2) is 0 Å². The maximum absolute atomic E-state index is 5.80. The van der Waals surface area contributed by atoms with Gasteiger partial charge in [0, 0.05) is 25.6 Å². The first-order valence-corrected chi connectivity index (χ1v) is 7.18. The summed E-state index contributed by atoms with van der Waals surface area (Å²) in [5.74, 6) is 1.29. The lowest BCUT2D eigenvalue weighted by atomic mass is 10.1. The van der Waals surface area contributed by atoms with E-state index < -0.39 is 0 Å². The Labute approximate surface area is 116 Å². The van der Waals surface area contributed by atoms with E-state index in [1.165, 1.54) is 11.1 Å². The van der Waals surface area contributed by atoms with Crippen LogP contribution in [-0.4, -0.2) is 19.8 Å². The van der Waals surface area contributed by atoms with Crippen molar-refractivity contribution in [3.63, 3.8) is 0 Å². The maximum Gasteiger partial charge on any atom is 0.0591 e. The van der Waals surface area contributed by atoms with Gasteiger partial charge in [-0.15, -0.1) is 11.6 Å². The topological polar surface area (TPSA) is 21.3 Å². The third-order valence-corrected chi connectivity index (χ3v) is 3.05. The zero-order valence-corrected chi connectivity index (χ0v) is 12.2. The standard InChI is InChI=1S/C15H24ClNO/c1-13(2)6-8-18-9-7-17-12-15-5-3-4-14(10-15)11-16/h3-5,10,13,17H,6-9,11-12H2,1-2H3. The molecule has 0 heterocycles. The van der Waals surface area contributed by atoms with Crippen LogP contribution in [0.15, 0.2) is 24.3 Å². The third kappa shape index (κ3) is 7.00. The fourth-order valence-corrected chi connectivity index (χ4v) is 1.79. The first kappa shape index (κ1) is 15.5. The normalized spacial score (nSPS) is 11.1. The smallest absolute Gasteiger partial charge is 0.0591 e. The van der Waals surface area contributed by atoms with E-state index in [-0.39, 0.29) is 0 Å². The van der Waals surface area contributed by atoms with Gasteiger partial charge in [-0.1, -0.05) is 38.1 Å². The van der Waals surface area contributed by atoms with Gasteiger partial charge >= 0.3 is 0 Å². The van der Waals surface area contributed by atoms with Gasteiger partial charge in [-0.3, -0.25) is 0 Å². The van der Waals surface area contributed by atoms with Crippen molar-refractivity contribution in [2.75, 3.05) is 19.8 Å². The van der Waals surface area contributed by atoms with Gasteiger partial charge in [0.25, 0.3) is 0 Å². The third-order valence-electron chi connectivity index (χ3n) is 2.74. The second kappa shape index (κ2) is 9.37. The fourth-order valence-electron chi connectivity index (χ4n) is 1.62. The molecular formula is C15H24ClNO. The van der Waals surface area contributed by atoms with Crippen molar-refractivity contribution < 1.29 is 4.74 Å². The van der Waals surface area contributed by atoms with Crippen molar-refractivity contribution in [3.8, 4) is 0 Å². The summed E-state index contributed by atoms with van der Waals surface area (Å²) in [6.07, 6.45) is 1.14. The van der Waals surface area contributed by atoms with Gasteiger partial charge in [-0.05, 0) is 23.5 Å². The molecule has 1 aromatic carbocycles. The Morgan fingerprint density at radius 1 is 1.22 bits per heavy atom. The minimum absolute atomic E-state index is 0.576. The van der Waals surface area contributed by atoms with Gasteiger partial charge in [0.05, 0.1) is 6.61 Å². The zero-order chi connectivity index (χ0) is 13.2. The monoisotopic (exact) mass is 269 g/mol. The summed E-state index contributed by atoms with van der Waals surface area (Å²) in [6, 6.07) is 8.35. The molecule has 3 heteroatoms. The molecule has 0 amide bonds. The highest BCUT2D eigenvalue weighted by Crippen LogP contribution is 2.07. The van der Waals surface area contributed by atoms with E-state index in [2.05, 4.69) is 31.3 Å². The van der Waals surface area contributed by atoms with Crippen molar-refractivity contribution in [1.29, 1.82) is 0 Å². The SMILES string of the molecule is CC(C)CCOCCNCc1cccc(CCl)c1. The van der Waals surface area contributed by atoms with E-state index in [0.717, 1.165) is 38.6 Å². The van der Waals surface area contributed by atoms with Crippen LogP contribution in [-0.2, 0) is 17.2 Å². The summed E-state index contributed by atoms with van der Waals surface area (Å²) >= 11 is 5.80. The molecule has 1 aromatic rings. The van der Waals surface area contributed by atoms with E-state index in [1.54, 1.807) is 0 Å². The van der Waals surface area contributed by atoms with Gasteiger partial charge < -0.3 is 10.1 Å². The van der Waals surface area contributed by atoms with Gasteiger partial charge in [-0.2, -0.15) is 0 Å². The molecule has 1 rings (SSSR count). The summed E-state index contributed by atoms with van der Waals surface area (Å²) in [5.41, 5.74) is 2.44. The summed E-state index contributed by atoms with van der Waals surface area (Å²) in [6.45, 7) is 7.83. The molecule has 0 saturated carbocycles. The van der Waals surface area contributed by atoms with Crippen LogP contribution >= 0.6 is 11.6 Å². The number of nitrogens with one attached hydrogen (secondary N) is 1. The Kier molecular flexibility index (Phi) is 8.06. The van der Waals surface area contributed by atoms with Crippen LogP contribution < -0.4 is 5.32 Å². The summed E-state index contributed by atoms with van der Waals surface area (Å²) in [5, 5.41) is 3.37. The fraction of sp³-hybridized carbons (Fsp3) is 0.600. The molecule has 0 bridgehead atoms. The maximum atomic E-state index is 5.80. The quantitative estimate of drug-likeness (QED) is 0.547. The van der Waals surface area contributed by atoms with E-state index in [1.807, 2.05) is 12.1 Å². The molecule has 1 N–H and O–H groups in total. The number of alkyl halides is 1. The van der Waals surface area contributed by atoms with Crippen LogP contribution in [0, 0.1) is 5.92 Å². The van der Waals surface area contributed by atoms with Crippen LogP contribution in [0.2, 0.25) is 0 Å². The Morgan fingerprint density at radius 3 is 2.72 bits per heavy atom. The number of benzene rings is 1. The molecule has 102 valence electrons. The van der Waals surface area contributed by atoms with E-state index in [9.17, 15) is 0 Å². The summed E-state index contributed by atoms with van der Waals surface area (Å²) in [4.78, 5) is 0. The van der Waals surface area contributed by atoms with Gasteiger partial charge in [0.2, 0.25) is 0 Å². The summed E-state index contributed by atoms with van der Waals surface area (Å²) in [7, 11) is 0. The van der Waals surface area contributed by atoms with Crippen molar-refractivity contribution in [1.82, 2.24) is 5.32 Å². The number of hydrogen-bond donors (Lipinski definition) is 1. The van der Waals surface area contributed by atoms with Gasteiger partial charge in [0.15, 0.2) is 0 Å². The minimum atomic E-state index is 0.576. The van der Waals surface area contributed by atoms with Crippen LogP contribution in [0.5, 0.6) is 0 Å². The van der Waals surface area contributed by atoms with E-state index in [0.29, 0.717) is 5.88 Å². The van der Waals surface area contributed by atoms with Crippen molar-refractivity contribution in [2.24, 2.45) is 5.92 Å². The summed E-state index contributed by atoms with van der Waals surface area (Å²) < 4.78 is 5.54. The van der Waals surface area contributed by atoms with Gasteiger partial charge in [0.1, 0.15) is 0 Å². The Hall–Kier alpha value is -0.570. The predicted octanol–water partition coefficient (Wildman–Crippen LogP) is 3.58. The number of hydrogen-bond acceptors (Lipinski definition) is 2. The second-order valence-corrected chi connectivity index (χ2v) is 5.19. The number of ether oxygens (including phenoxy) is 1. The molecule has 0 aliphatic heterocycles. The lowest BCUT2D eigenvalue weighted by Gasteiger charge is -2.08. The van der Waals surface area contributed by atoms with Crippen molar-refractivity contribution in [2.45, 2.75) is 32.7 Å². The first-order chi connectivity index (χ1) is 8.72. The molecule has 0 unspecified atom stereocenters. The molecule has 2 nitrogen and oxygen atoms in total. The molecule has 0 spiro atoms. The molecule has 0 radical (unpaired) electrons. The van der Waals surface area contributed by atoms with Crippen molar-refractivity contribution >= 4 is 11.6 Å². The Balaban J connectivity index is 2.06. The molecule has 0 fully saturated rings. The lowest BCUT2D eigenvalue weighted by molar-refractivity contribution is 0.125. The second-order valence-electron chi connectivity index (χ2n) is 4.93. The first-order valence-electron chi connectivity index (χ1n) is 6.64. The molecule has 0 saturated heterocycles. The van der Waals surface area contributed by atoms with Crippen LogP contribution in [0.3, 0.4) is 0 Å². The highest BCUT2D eigenvalue weighted by atomic mass is 35.5. The predicted molar refractivity (Wildman–Crippen MR) is 78.0 cm³/mol. The molecule has 0 aliphatic carbocycles. The average Bonchev–Trinajstić information content (AvgIpc) is 2.37. The van der Waals surface area contributed by atoms with Crippen molar-refractivity contribution in [3.05, 3.63) is 35.4 Å². The highest BCUT2D eigenvalue weighted by molar-refractivity contribution is 6.17. The van der Waals surface area contributed by atoms with Crippen LogP contribution in [0.1, 0.15) is 31.4 Å². The Morgan fingerprint density at radius 2 is 2.00 bits per heavy atom. The average molecular weight is 270 g/mol. The largest absolute Gasteiger partial charge is 0.380 e. The molecule has 0 aliphatic rings. The van der Waals surface area contributed by atoms with Crippen LogP contribution in [0.25, 0.3) is 0 Å². The molecule has 18 heavy (non-hydrogen) atoms. The number of rotatable bonds is 9. The molecule has 0 atom stereocenters. The van der Waals surface area contributed by atoms with E-state index in [4.69, 9.17) is 16.3 Å². The number of halogens is 1. The van der Waals surface area contributed by atoms with Crippen LogP contribution in [0.4, 0.5) is 0 Å². The minimum Gasteiger partial charge on any atom is -0.380 e. The lowest BCUT2D eigenvalue weighted by Crippen LogP contribution is -2.19. The molecule has 0 aromatic heterocycles. The highest BCUT2D eigenvalue weighted by Gasteiger charge is 1.96. The Bertz CT molecular complexity index is 328.